The summed E-state index contributed by atoms with van der Waals surface area (Å²) in [6, 6.07) is 0. The molecule has 0 nitrogen and oxygen atoms in total. The Balaban J connectivity index is 3.75. The molecule has 0 rings (SSSR count). The second-order valence-corrected chi connectivity index (χ2v) is 23.2. The Hall–Kier alpha value is 1.59. The summed E-state index contributed by atoms with van der Waals surface area (Å²) in [5.74, 6) is 0. The molecule has 0 unspecified atom stereocenters. The lowest BCUT2D eigenvalue weighted by Gasteiger charge is -2.17. The first kappa shape index (κ1) is 10.6. The maximum absolute atomic E-state index is 5.86. The minimum atomic E-state index is -2.37. The zero-order valence-corrected chi connectivity index (χ0v) is 10.7. The fourth-order valence-electron chi connectivity index (χ4n) is 0.477. The number of halogens is 4. The van der Waals surface area contributed by atoms with E-state index in [0.717, 1.165) is 0 Å². The highest BCUT2D eigenvalue weighted by atomic mass is 35.8. The highest BCUT2D eigenvalue weighted by molar-refractivity contribution is 7.83. The summed E-state index contributed by atoms with van der Waals surface area (Å²) in [5.41, 5.74) is -2.37. The summed E-state index contributed by atoms with van der Waals surface area (Å²) < 4.78 is -0.239. The third-order valence-corrected chi connectivity index (χ3v) is 10.4. The molecule has 0 fully saturated rings. The van der Waals surface area contributed by atoms with Gasteiger partial charge in [-0.1, -0.05) is 0 Å². The van der Waals surface area contributed by atoms with Crippen LogP contribution < -0.4 is 0 Å². The molecule has 0 saturated heterocycles. The van der Waals surface area contributed by atoms with Crippen LogP contribution in [0.3, 0.4) is 0 Å². The Morgan fingerprint density at radius 3 is 1.56 bits per heavy atom. The van der Waals surface area contributed by atoms with Crippen LogP contribution in [-0.2, 0) is 0 Å². The molecule has 0 aliphatic rings. The lowest BCUT2D eigenvalue weighted by atomic mass is 10.5. The molecule has 0 aliphatic carbocycles. The fraction of sp³-hybridized carbons (Fsp3) is 1.00. The van der Waals surface area contributed by atoms with E-state index in [9.17, 15) is 0 Å². The Morgan fingerprint density at radius 2 is 1.56 bits per heavy atom. The van der Waals surface area contributed by atoms with Gasteiger partial charge in [0.25, 0.3) is 0 Å². The predicted molar refractivity (Wildman–Crippen MR) is 51.8 cm³/mol. The van der Waals surface area contributed by atoms with Gasteiger partial charge in [0.2, 0.25) is 0 Å². The van der Waals surface area contributed by atoms with Crippen LogP contribution in [0.15, 0.2) is 0 Å². The smallest absolute Gasteiger partial charge is 0.130 e. The molecule has 0 aliphatic heterocycles. The van der Waals surface area contributed by atoms with Gasteiger partial charge in [-0.05, 0) is 13.8 Å². The lowest BCUT2D eigenvalue weighted by Crippen LogP contribution is -2.36. The minimum Gasteiger partial charge on any atom is -0.130 e. The molecule has 0 spiro atoms. The lowest BCUT2D eigenvalue weighted by molar-refractivity contribution is 0.987. The first-order valence-electron chi connectivity index (χ1n) is 2.46. The molecule has 0 bridgehead atoms. The molecule has 0 N–H and O–H groups in total. The highest BCUT2D eigenvalue weighted by Crippen LogP contribution is 2.25. The van der Waals surface area contributed by atoms with Crippen molar-refractivity contribution < 1.29 is 0 Å². The van der Waals surface area contributed by atoms with E-state index in [1.165, 1.54) is 0 Å². The molecule has 0 aromatic heterocycles. The molecule has 56 valence electrons. The standard InChI is InChI=1S/C3H8Cl4Si2/c1-3(2,4)8-9(5,6)7/h8H2,1-2H3. The maximum atomic E-state index is 5.86. The first-order valence-corrected chi connectivity index (χ1v) is 10.9. The summed E-state index contributed by atoms with van der Waals surface area (Å²) in [6.07, 6.45) is 0. The average molecular weight is 242 g/mol. The fourth-order valence-corrected chi connectivity index (χ4v) is 17.0. The molecular weight excluding hydrogens is 234 g/mol. The molecular formula is C3H8Cl4Si2. The van der Waals surface area contributed by atoms with Crippen molar-refractivity contribution in [2.24, 2.45) is 0 Å². The van der Waals surface area contributed by atoms with Gasteiger partial charge in [-0.15, -0.1) is 44.8 Å². The van der Waals surface area contributed by atoms with E-state index >= 15 is 0 Å². The highest BCUT2D eigenvalue weighted by Gasteiger charge is 2.33. The zero-order valence-electron chi connectivity index (χ0n) is 5.22. The zero-order chi connectivity index (χ0) is 7.71. The molecule has 6 heteroatoms. The van der Waals surface area contributed by atoms with Crippen molar-refractivity contribution >= 4 is 59.4 Å². The molecule has 9 heavy (non-hydrogen) atoms. The van der Waals surface area contributed by atoms with Crippen LogP contribution in [0.5, 0.6) is 0 Å². The third-order valence-electron chi connectivity index (χ3n) is 0.621. The van der Waals surface area contributed by atoms with E-state index in [-0.39, 0.29) is 4.50 Å². The van der Waals surface area contributed by atoms with Crippen LogP contribution in [0.25, 0.3) is 0 Å². The van der Waals surface area contributed by atoms with Gasteiger partial charge in [0.15, 0.2) is 0 Å². The van der Waals surface area contributed by atoms with E-state index in [1.807, 2.05) is 13.8 Å². The van der Waals surface area contributed by atoms with Crippen molar-refractivity contribution in [3.8, 4) is 0 Å². The van der Waals surface area contributed by atoms with Crippen molar-refractivity contribution in [3.05, 3.63) is 0 Å². The molecule has 0 radical (unpaired) electrons. The molecule has 0 atom stereocenters. The van der Waals surface area contributed by atoms with Gasteiger partial charge in [0.1, 0.15) is 0 Å². The largest absolute Gasteiger partial charge is 0.319 e. The average Bonchev–Trinajstić information content (AvgIpc) is 1.14. The summed E-state index contributed by atoms with van der Waals surface area (Å²) >= 11 is 22.9. The minimum absolute atomic E-state index is 0.239. The van der Waals surface area contributed by atoms with Crippen molar-refractivity contribution in [2.75, 3.05) is 0 Å². The van der Waals surface area contributed by atoms with Gasteiger partial charge in [0.05, 0.1) is 9.04 Å². The van der Waals surface area contributed by atoms with Crippen molar-refractivity contribution in [1.82, 2.24) is 0 Å². The van der Waals surface area contributed by atoms with Gasteiger partial charge in [-0.25, -0.2) is 0 Å². The van der Waals surface area contributed by atoms with Gasteiger partial charge < -0.3 is 0 Å². The Kier molecular flexibility index (Phi) is 3.92. The molecule has 0 saturated carbocycles. The summed E-state index contributed by atoms with van der Waals surface area (Å²) in [6.45, 7) is 3.80. The van der Waals surface area contributed by atoms with Crippen LogP contribution >= 0.6 is 44.8 Å². The van der Waals surface area contributed by atoms with Crippen LogP contribution in [0.4, 0.5) is 0 Å². The number of alkyl halides is 1. The molecule has 0 aromatic carbocycles. The summed E-state index contributed by atoms with van der Waals surface area (Å²) in [7, 11) is -0.711. The first-order chi connectivity index (χ1) is 3.71. The molecule has 0 heterocycles. The van der Waals surface area contributed by atoms with Crippen LogP contribution in [0, 0.1) is 0 Å². The van der Waals surface area contributed by atoms with E-state index < -0.39 is 14.6 Å². The van der Waals surface area contributed by atoms with Gasteiger partial charge in [0, 0.05) is 4.50 Å². The second-order valence-electron chi connectivity index (χ2n) is 2.51. The second kappa shape index (κ2) is 3.33. The monoisotopic (exact) mass is 240 g/mol. The summed E-state index contributed by atoms with van der Waals surface area (Å²) in [5, 5.41) is 0. The Bertz CT molecular complexity index is 79.0. The Labute approximate surface area is 77.5 Å². The maximum Gasteiger partial charge on any atom is 0.319 e. The van der Waals surface area contributed by atoms with Crippen LogP contribution in [-0.4, -0.2) is 19.1 Å². The van der Waals surface area contributed by atoms with Crippen molar-refractivity contribution in [1.29, 1.82) is 0 Å². The number of hydrogen-bond acceptors (Lipinski definition) is 0. The van der Waals surface area contributed by atoms with E-state index in [0.29, 0.717) is 0 Å². The van der Waals surface area contributed by atoms with E-state index in [1.54, 1.807) is 0 Å². The van der Waals surface area contributed by atoms with E-state index in [2.05, 4.69) is 0 Å². The molecule has 0 aromatic rings. The topological polar surface area (TPSA) is 0 Å². The van der Waals surface area contributed by atoms with Gasteiger partial charge >= 0.3 is 5.52 Å². The predicted octanol–water partition coefficient (Wildman–Crippen LogP) is 2.28. The van der Waals surface area contributed by atoms with E-state index in [4.69, 9.17) is 44.8 Å². The Morgan fingerprint density at radius 1 is 1.22 bits per heavy atom. The number of rotatable bonds is 2. The van der Waals surface area contributed by atoms with Crippen LogP contribution in [0.2, 0.25) is 0 Å². The van der Waals surface area contributed by atoms with Gasteiger partial charge in [-0.3, -0.25) is 0 Å². The van der Waals surface area contributed by atoms with Gasteiger partial charge in [-0.2, -0.15) is 0 Å². The summed E-state index contributed by atoms with van der Waals surface area (Å²) in [4.78, 5) is 0. The van der Waals surface area contributed by atoms with Crippen molar-refractivity contribution in [3.63, 3.8) is 0 Å². The normalized spacial score (nSPS) is 15.3. The van der Waals surface area contributed by atoms with Crippen LogP contribution in [0.1, 0.15) is 13.8 Å². The third kappa shape index (κ3) is 9.59. The quantitative estimate of drug-likeness (QED) is 0.396. The SMILES string of the molecule is CC(C)(Cl)[SiH2][Si](Cl)(Cl)Cl. The molecule has 0 amide bonds. The number of hydrogen-bond donors (Lipinski definition) is 0. The van der Waals surface area contributed by atoms with Crippen molar-refractivity contribution in [2.45, 2.75) is 18.3 Å².